The van der Waals surface area contributed by atoms with Gasteiger partial charge in [0, 0.05) is 15.5 Å². The Labute approximate surface area is 127 Å². The number of benzene rings is 1. The van der Waals surface area contributed by atoms with E-state index in [1.165, 1.54) is 19.3 Å². The van der Waals surface area contributed by atoms with Gasteiger partial charge in [0.1, 0.15) is 0 Å². The summed E-state index contributed by atoms with van der Waals surface area (Å²) in [5, 5.41) is 2.81. The third-order valence-electron chi connectivity index (χ3n) is 3.88. The molecule has 5 heteroatoms. The largest absolute Gasteiger partial charge is 0.288 e. The molecule has 2 atom stereocenters. The lowest BCUT2D eigenvalue weighted by atomic mass is 10.1. The molecule has 1 aliphatic carbocycles. The van der Waals surface area contributed by atoms with Gasteiger partial charge >= 0.3 is 0 Å². The molecule has 1 N–H and O–H groups in total. The SMILES string of the molecule is O=C1NC(=O)c2c(SC3CCCCCC3Cl)cccc21. The number of nitrogens with one attached hydrogen (secondary N) is 1. The van der Waals surface area contributed by atoms with E-state index < -0.39 is 0 Å². The highest BCUT2D eigenvalue weighted by Gasteiger charge is 2.31. The molecule has 106 valence electrons. The van der Waals surface area contributed by atoms with Crippen molar-refractivity contribution in [3.8, 4) is 0 Å². The lowest BCUT2D eigenvalue weighted by molar-refractivity contribution is 0.0879. The van der Waals surface area contributed by atoms with Crippen LogP contribution in [0.15, 0.2) is 23.1 Å². The highest BCUT2D eigenvalue weighted by atomic mass is 35.5. The molecule has 1 saturated carbocycles. The average Bonchev–Trinajstić information content (AvgIpc) is 2.59. The predicted molar refractivity (Wildman–Crippen MR) is 80.6 cm³/mol. The Morgan fingerprint density at radius 3 is 2.75 bits per heavy atom. The van der Waals surface area contributed by atoms with Crippen LogP contribution in [-0.4, -0.2) is 22.4 Å². The van der Waals surface area contributed by atoms with E-state index in [2.05, 4.69) is 5.32 Å². The van der Waals surface area contributed by atoms with Gasteiger partial charge in [-0.05, 0) is 25.0 Å². The number of hydrogen-bond acceptors (Lipinski definition) is 3. The average molecular weight is 310 g/mol. The van der Waals surface area contributed by atoms with Crippen LogP contribution in [0.5, 0.6) is 0 Å². The number of hydrogen-bond donors (Lipinski definition) is 1. The molecule has 1 aromatic carbocycles. The Morgan fingerprint density at radius 1 is 1.10 bits per heavy atom. The highest BCUT2D eigenvalue weighted by Crippen LogP contribution is 2.38. The normalized spacial score (nSPS) is 26.1. The lowest BCUT2D eigenvalue weighted by Crippen LogP contribution is -2.20. The smallest absolute Gasteiger partial charge is 0.260 e. The van der Waals surface area contributed by atoms with E-state index >= 15 is 0 Å². The highest BCUT2D eigenvalue weighted by molar-refractivity contribution is 8.00. The zero-order valence-electron chi connectivity index (χ0n) is 11.0. The van der Waals surface area contributed by atoms with E-state index in [4.69, 9.17) is 11.6 Å². The zero-order valence-corrected chi connectivity index (χ0v) is 12.6. The van der Waals surface area contributed by atoms with Gasteiger partial charge in [-0.15, -0.1) is 23.4 Å². The number of thioether (sulfide) groups is 1. The van der Waals surface area contributed by atoms with Gasteiger partial charge < -0.3 is 0 Å². The Bertz CT molecular complexity index is 561. The summed E-state index contributed by atoms with van der Waals surface area (Å²) in [6, 6.07) is 5.44. The predicted octanol–water partition coefficient (Wildman–Crippen LogP) is 3.60. The summed E-state index contributed by atoms with van der Waals surface area (Å²) in [5.74, 6) is -0.580. The van der Waals surface area contributed by atoms with Gasteiger partial charge in [0.15, 0.2) is 0 Å². The molecular weight excluding hydrogens is 294 g/mol. The van der Waals surface area contributed by atoms with E-state index in [0.717, 1.165) is 17.7 Å². The molecule has 0 spiro atoms. The van der Waals surface area contributed by atoms with Crippen molar-refractivity contribution in [3.05, 3.63) is 29.3 Å². The maximum atomic E-state index is 11.9. The van der Waals surface area contributed by atoms with Crippen LogP contribution in [0.4, 0.5) is 0 Å². The number of fused-ring (bicyclic) bond motifs is 1. The van der Waals surface area contributed by atoms with Crippen LogP contribution < -0.4 is 5.32 Å². The summed E-state index contributed by atoms with van der Waals surface area (Å²) < 4.78 is 0. The fourth-order valence-corrected chi connectivity index (χ4v) is 4.62. The molecule has 1 heterocycles. The molecule has 2 aliphatic rings. The van der Waals surface area contributed by atoms with Gasteiger partial charge in [-0.1, -0.05) is 25.3 Å². The first kappa shape index (κ1) is 14.0. The van der Waals surface area contributed by atoms with Crippen molar-refractivity contribution in [1.82, 2.24) is 5.32 Å². The zero-order chi connectivity index (χ0) is 14.1. The van der Waals surface area contributed by atoms with E-state index in [0.29, 0.717) is 16.4 Å². The van der Waals surface area contributed by atoms with Gasteiger partial charge in [-0.3, -0.25) is 14.9 Å². The first-order valence-corrected chi connectivity index (χ1v) is 8.28. The van der Waals surface area contributed by atoms with Crippen LogP contribution >= 0.6 is 23.4 Å². The van der Waals surface area contributed by atoms with Crippen LogP contribution in [0, 0.1) is 0 Å². The van der Waals surface area contributed by atoms with Crippen molar-refractivity contribution in [2.75, 3.05) is 0 Å². The van der Waals surface area contributed by atoms with Crippen LogP contribution in [-0.2, 0) is 0 Å². The monoisotopic (exact) mass is 309 g/mol. The molecule has 0 radical (unpaired) electrons. The first-order chi connectivity index (χ1) is 9.66. The minimum Gasteiger partial charge on any atom is -0.288 e. The Kier molecular flexibility index (Phi) is 4.03. The van der Waals surface area contributed by atoms with E-state index in [-0.39, 0.29) is 17.2 Å². The van der Waals surface area contributed by atoms with E-state index in [9.17, 15) is 9.59 Å². The van der Waals surface area contributed by atoms with Crippen LogP contribution in [0.3, 0.4) is 0 Å². The third-order valence-corrected chi connectivity index (χ3v) is 6.01. The number of amides is 2. The standard InChI is InChI=1S/C15H16ClNO2S/c16-10-6-2-1-3-7-11(10)20-12-8-4-5-9-13(12)15(19)17-14(9)18/h4-5,8,10-11H,1-3,6-7H2,(H,17,18,19). The Morgan fingerprint density at radius 2 is 1.90 bits per heavy atom. The molecule has 3 nitrogen and oxygen atoms in total. The molecule has 0 saturated heterocycles. The summed E-state index contributed by atoms with van der Waals surface area (Å²) in [6.45, 7) is 0. The molecule has 0 aromatic heterocycles. The third kappa shape index (κ3) is 2.59. The van der Waals surface area contributed by atoms with Gasteiger partial charge in [-0.25, -0.2) is 0 Å². The quantitative estimate of drug-likeness (QED) is 0.516. The summed E-state index contributed by atoms with van der Waals surface area (Å²) in [5.41, 5.74) is 1.01. The van der Waals surface area contributed by atoms with Crippen LogP contribution in [0.2, 0.25) is 0 Å². The molecule has 0 bridgehead atoms. The summed E-state index contributed by atoms with van der Waals surface area (Å²) in [4.78, 5) is 24.5. The second kappa shape index (κ2) is 5.78. The van der Waals surface area contributed by atoms with E-state index in [1.54, 1.807) is 17.8 Å². The maximum Gasteiger partial charge on any atom is 0.260 e. The summed E-state index contributed by atoms with van der Waals surface area (Å²) in [6.07, 6.45) is 5.68. The molecule has 1 aromatic rings. The van der Waals surface area contributed by atoms with Gasteiger partial charge in [-0.2, -0.15) is 0 Å². The molecule has 1 aliphatic heterocycles. The fourth-order valence-electron chi connectivity index (χ4n) is 2.81. The molecule has 3 rings (SSSR count). The van der Waals surface area contributed by atoms with Crippen molar-refractivity contribution >= 4 is 35.2 Å². The van der Waals surface area contributed by atoms with Gasteiger partial charge in [0.25, 0.3) is 11.8 Å². The van der Waals surface area contributed by atoms with Crippen LogP contribution in [0.1, 0.15) is 52.8 Å². The second-order valence-corrected chi connectivity index (χ2v) is 7.11. The number of carbonyl (C=O) groups is 2. The minimum absolute atomic E-state index is 0.138. The number of carbonyl (C=O) groups excluding carboxylic acids is 2. The number of alkyl halides is 1. The van der Waals surface area contributed by atoms with Gasteiger partial charge in [0.2, 0.25) is 0 Å². The topological polar surface area (TPSA) is 46.2 Å². The molecule has 1 fully saturated rings. The molecule has 2 amide bonds. The summed E-state index contributed by atoms with van der Waals surface area (Å²) >= 11 is 8.12. The molecule has 2 unspecified atom stereocenters. The number of imide groups is 1. The fraction of sp³-hybridized carbons (Fsp3) is 0.467. The van der Waals surface area contributed by atoms with E-state index in [1.807, 2.05) is 12.1 Å². The van der Waals surface area contributed by atoms with Crippen molar-refractivity contribution in [3.63, 3.8) is 0 Å². The number of halogens is 1. The van der Waals surface area contributed by atoms with Crippen molar-refractivity contribution in [2.45, 2.75) is 47.6 Å². The number of rotatable bonds is 2. The molecule has 20 heavy (non-hydrogen) atoms. The van der Waals surface area contributed by atoms with Gasteiger partial charge in [0.05, 0.1) is 11.1 Å². The lowest BCUT2D eigenvalue weighted by Gasteiger charge is -2.19. The second-order valence-electron chi connectivity index (χ2n) is 5.27. The van der Waals surface area contributed by atoms with Crippen molar-refractivity contribution in [2.24, 2.45) is 0 Å². The minimum atomic E-state index is -0.296. The first-order valence-electron chi connectivity index (χ1n) is 6.96. The van der Waals surface area contributed by atoms with Crippen molar-refractivity contribution < 1.29 is 9.59 Å². The Balaban J connectivity index is 1.88. The summed E-state index contributed by atoms with van der Waals surface area (Å²) in [7, 11) is 0. The molecular formula is C15H16ClNO2S. The van der Waals surface area contributed by atoms with Crippen LogP contribution in [0.25, 0.3) is 0 Å². The maximum absolute atomic E-state index is 11.9. The Hall–Kier alpha value is -1.00. The van der Waals surface area contributed by atoms with Crippen molar-refractivity contribution in [1.29, 1.82) is 0 Å².